The number of nitrogens with zero attached hydrogens (tertiary/aromatic N) is 1. The number of sulfonamides is 1. The first-order chi connectivity index (χ1) is 12.8. The molecular formula is C20H23FN2O3S. The zero-order chi connectivity index (χ0) is 19.4. The van der Waals surface area contributed by atoms with Crippen LogP contribution in [-0.2, 0) is 21.2 Å². The molecule has 1 N–H and O–H groups in total. The maximum Gasteiger partial charge on any atom is 0.243 e. The van der Waals surface area contributed by atoms with Gasteiger partial charge in [-0.1, -0.05) is 19.1 Å². The van der Waals surface area contributed by atoms with Crippen LogP contribution in [0.2, 0.25) is 0 Å². The molecule has 1 aliphatic rings. The van der Waals surface area contributed by atoms with E-state index in [0.717, 1.165) is 12.8 Å². The van der Waals surface area contributed by atoms with Gasteiger partial charge in [-0.15, -0.1) is 0 Å². The minimum absolute atomic E-state index is 0.0454. The SMILES string of the molecule is CC1CCN(S(=O)(=O)c2ccc(NC(=O)Cc3cccc(F)c3)cc2)CC1. The normalized spacial score (nSPS) is 16.2. The van der Waals surface area contributed by atoms with Crippen molar-refractivity contribution in [2.75, 3.05) is 18.4 Å². The van der Waals surface area contributed by atoms with Gasteiger partial charge in [-0.3, -0.25) is 4.79 Å². The fourth-order valence-corrected chi connectivity index (χ4v) is 4.59. The van der Waals surface area contributed by atoms with E-state index in [0.29, 0.717) is 30.3 Å². The lowest BCUT2D eigenvalue weighted by atomic mass is 10.0. The molecule has 0 aliphatic carbocycles. The first-order valence-corrected chi connectivity index (χ1v) is 10.4. The summed E-state index contributed by atoms with van der Waals surface area (Å²) in [4.78, 5) is 12.3. The Labute approximate surface area is 159 Å². The minimum Gasteiger partial charge on any atom is -0.326 e. The van der Waals surface area contributed by atoms with Gasteiger partial charge in [0.2, 0.25) is 15.9 Å². The van der Waals surface area contributed by atoms with Crippen molar-refractivity contribution >= 4 is 21.6 Å². The number of halogens is 1. The number of carbonyl (C=O) groups is 1. The quantitative estimate of drug-likeness (QED) is 0.851. The Kier molecular flexibility index (Phi) is 5.92. The van der Waals surface area contributed by atoms with Crippen LogP contribution in [0.4, 0.5) is 10.1 Å². The van der Waals surface area contributed by atoms with Crippen LogP contribution < -0.4 is 5.32 Å². The summed E-state index contributed by atoms with van der Waals surface area (Å²) in [6, 6.07) is 12.0. The second-order valence-corrected chi connectivity index (χ2v) is 8.90. The highest BCUT2D eigenvalue weighted by atomic mass is 32.2. The van der Waals surface area contributed by atoms with Gasteiger partial charge in [-0.2, -0.15) is 4.31 Å². The van der Waals surface area contributed by atoms with Gasteiger partial charge in [-0.25, -0.2) is 12.8 Å². The van der Waals surface area contributed by atoms with Crippen molar-refractivity contribution in [2.24, 2.45) is 5.92 Å². The van der Waals surface area contributed by atoms with Crippen LogP contribution in [-0.4, -0.2) is 31.7 Å². The van der Waals surface area contributed by atoms with Crippen LogP contribution in [0.15, 0.2) is 53.4 Å². The van der Waals surface area contributed by atoms with Crippen LogP contribution in [0.1, 0.15) is 25.3 Å². The number of rotatable bonds is 5. The molecule has 3 rings (SSSR count). The maximum absolute atomic E-state index is 13.2. The average Bonchev–Trinajstić information content (AvgIpc) is 2.62. The summed E-state index contributed by atoms with van der Waals surface area (Å²) in [6.07, 6.45) is 1.78. The lowest BCUT2D eigenvalue weighted by Crippen LogP contribution is -2.37. The molecule has 1 fully saturated rings. The summed E-state index contributed by atoms with van der Waals surface area (Å²) in [6.45, 7) is 3.20. The van der Waals surface area contributed by atoms with Crippen molar-refractivity contribution in [1.82, 2.24) is 4.31 Å². The predicted octanol–water partition coefficient (Wildman–Crippen LogP) is 3.43. The van der Waals surface area contributed by atoms with E-state index < -0.39 is 10.0 Å². The zero-order valence-electron chi connectivity index (χ0n) is 15.2. The summed E-state index contributed by atoms with van der Waals surface area (Å²) in [5, 5.41) is 2.70. The zero-order valence-corrected chi connectivity index (χ0v) is 16.0. The van der Waals surface area contributed by atoms with E-state index in [1.54, 1.807) is 24.3 Å². The molecule has 1 aliphatic heterocycles. The van der Waals surface area contributed by atoms with E-state index in [1.165, 1.54) is 28.6 Å². The van der Waals surface area contributed by atoms with Crippen LogP contribution in [0.3, 0.4) is 0 Å². The minimum atomic E-state index is -3.51. The molecule has 5 nitrogen and oxygen atoms in total. The van der Waals surface area contributed by atoms with Crippen LogP contribution in [0.25, 0.3) is 0 Å². The molecule has 1 heterocycles. The topological polar surface area (TPSA) is 66.5 Å². The fraction of sp³-hybridized carbons (Fsp3) is 0.350. The molecule has 0 radical (unpaired) electrons. The Balaban J connectivity index is 1.63. The third-order valence-corrected chi connectivity index (χ3v) is 6.69. The molecule has 2 aromatic rings. The number of benzene rings is 2. The van der Waals surface area contributed by atoms with Gasteiger partial charge < -0.3 is 5.32 Å². The second-order valence-electron chi connectivity index (χ2n) is 6.97. The number of amides is 1. The first kappa shape index (κ1) is 19.5. The summed E-state index contributed by atoms with van der Waals surface area (Å²) in [5.41, 5.74) is 1.08. The molecular weight excluding hydrogens is 367 g/mol. The number of hydrogen-bond donors (Lipinski definition) is 1. The highest BCUT2D eigenvalue weighted by molar-refractivity contribution is 7.89. The van der Waals surface area contributed by atoms with Crippen molar-refractivity contribution in [2.45, 2.75) is 31.1 Å². The largest absolute Gasteiger partial charge is 0.326 e. The van der Waals surface area contributed by atoms with Crippen molar-refractivity contribution < 1.29 is 17.6 Å². The molecule has 27 heavy (non-hydrogen) atoms. The third-order valence-electron chi connectivity index (χ3n) is 4.77. The molecule has 2 aromatic carbocycles. The van der Waals surface area contributed by atoms with Crippen LogP contribution in [0.5, 0.6) is 0 Å². The molecule has 144 valence electrons. The lowest BCUT2D eigenvalue weighted by Gasteiger charge is -2.29. The molecule has 1 amide bonds. The third kappa shape index (κ3) is 4.93. The Morgan fingerprint density at radius 2 is 1.81 bits per heavy atom. The highest BCUT2D eigenvalue weighted by Crippen LogP contribution is 2.24. The van der Waals surface area contributed by atoms with Crippen molar-refractivity contribution in [3.63, 3.8) is 0 Å². The molecule has 1 saturated heterocycles. The fourth-order valence-electron chi connectivity index (χ4n) is 3.12. The lowest BCUT2D eigenvalue weighted by molar-refractivity contribution is -0.115. The standard InChI is InChI=1S/C20H23FN2O3S/c1-15-9-11-23(12-10-15)27(25,26)19-7-5-18(6-8-19)22-20(24)14-16-3-2-4-17(21)13-16/h2-8,13,15H,9-12,14H2,1H3,(H,22,24). The van der Waals surface area contributed by atoms with Crippen molar-refractivity contribution in [1.29, 1.82) is 0 Å². The highest BCUT2D eigenvalue weighted by Gasteiger charge is 2.27. The Morgan fingerprint density at radius 1 is 1.15 bits per heavy atom. The molecule has 0 bridgehead atoms. The summed E-state index contributed by atoms with van der Waals surface area (Å²) in [5.74, 6) is -0.129. The molecule has 0 saturated carbocycles. The van der Waals surface area contributed by atoms with Crippen molar-refractivity contribution in [3.05, 3.63) is 59.9 Å². The van der Waals surface area contributed by atoms with Gasteiger partial charge >= 0.3 is 0 Å². The van der Waals surface area contributed by atoms with Gasteiger partial charge in [0.15, 0.2) is 0 Å². The van der Waals surface area contributed by atoms with Gasteiger partial charge in [0, 0.05) is 18.8 Å². The van der Waals surface area contributed by atoms with E-state index in [9.17, 15) is 17.6 Å². The van der Waals surface area contributed by atoms with Crippen molar-refractivity contribution in [3.8, 4) is 0 Å². The van der Waals surface area contributed by atoms with Crippen LogP contribution >= 0.6 is 0 Å². The number of anilines is 1. The monoisotopic (exact) mass is 390 g/mol. The number of carbonyl (C=O) groups excluding carboxylic acids is 1. The Hall–Kier alpha value is -2.25. The number of nitrogens with one attached hydrogen (secondary N) is 1. The first-order valence-electron chi connectivity index (χ1n) is 8.99. The number of piperidine rings is 1. The van der Waals surface area contributed by atoms with Gasteiger partial charge in [0.05, 0.1) is 11.3 Å². The van der Waals surface area contributed by atoms with Crippen LogP contribution in [0, 0.1) is 11.7 Å². The molecule has 0 aromatic heterocycles. The van der Waals surface area contributed by atoms with E-state index in [1.807, 2.05) is 0 Å². The molecule has 7 heteroatoms. The molecule has 0 unspecified atom stereocenters. The summed E-state index contributed by atoms with van der Waals surface area (Å²) in [7, 11) is -3.51. The smallest absolute Gasteiger partial charge is 0.243 e. The Bertz CT molecular complexity index is 905. The average molecular weight is 390 g/mol. The van der Waals surface area contributed by atoms with E-state index in [-0.39, 0.29) is 23.0 Å². The Morgan fingerprint density at radius 3 is 2.44 bits per heavy atom. The second kappa shape index (κ2) is 8.19. The predicted molar refractivity (Wildman–Crippen MR) is 102 cm³/mol. The van der Waals surface area contributed by atoms with E-state index in [2.05, 4.69) is 12.2 Å². The maximum atomic E-state index is 13.2. The summed E-state index contributed by atoms with van der Waals surface area (Å²) >= 11 is 0. The van der Waals surface area contributed by atoms with E-state index >= 15 is 0 Å². The van der Waals surface area contributed by atoms with Gasteiger partial charge in [0.25, 0.3) is 0 Å². The molecule has 0 atom stereocenters. The number of hydrogen-bond acceptors (Lipinski definition) is 3. The van der Waals surface area contributed by atoms with E-state index in [4.69, 9.17) is 0 Å². The van der Waals surface area contributed by atoms with Gasteiger partial charge in [-0.05, 0) is 60.7 Å². The van der Waals surface area contributed by atoms with Gasteiger partial charge in [0.1, 0.15) is 5.82 Å². The molecule has 0 spiro atoms. The summed E-state index contributed by atoms with van der Waals surface area (Å²) < 4.78 is 40.1.